The molecule has 0 aliphatic heterocycles. The van der Waals surface area contributed by atoms with Gasteiger partial charge in [-0.2, -0.15) is 0 Å². The predicted octanol–water partition coefficient (Wildman–Crippen LogP) is 4.25. The molecule has 20 heavy (non-hydrogen) atoms. The zero-order chi connectivity index (χ0) is 14.5. The zero-order valence-electron chi connectivity index (χ0n) is 12.1. The van der Waals surface area contributed by atoms with Crippen LogP contribution >= 0.6 is 0 Å². The largest absolute Gasteiger partial charge is 0.486 e. The van der Waals surface area contributed by atoms with Crippen LogP contribution in [-0.2, 0) is 0 Å². The fourth-order valence-electron chi connectivity index (χ4n) is 2.17. The Hall–Kier alpha value is -1.87. The Balaban J connectivity index is 2.27. The van der Waals surface area contributed by atoms with Gasteiger partial charge in [0.1, 0.15) is 17.7 Å². The molecule has 2 aromatic rings. The second kappa shape index (κ2) is 6.53. The maximum atomic E-state index is 14.0. The maximum Gasteiger partial charge on any atom is 0.131 e. The summed E-state index contributed by atoms with van der Waals surface area (Å²) in [4.78, 5) is 0. The molecule has 2 unspecified atom stereocenters. The quantitative estimate of drug-likeness (QED) is 0.879. The van der Waals surface area contributed by atoms with Crippen molar-refractivity contribution >= 4 is 0 Å². The predicted molar refractivity (Wildman–Crippen MR) is 79.4 cm³/mol. The summed E-state index contributed by atoms with van der Waals surface area (Å²) in [6, 6.07) is 14.8. The third-order valence-corrected chi connectivity index (χ3v) is 3.45. The lowest BCUT2D eigenvalue weighted by Crippen LogP contribution is -2.16. The van der Waals surface area contributed by atoms with Crippen molar-refractivity contribution in [3.05, 3.63) is 65.5 Å². The molecule has 0 heterocycles. The van der Waals surface area contributed by atoms with E-state index >= 15 is 0 Å². The van der Waals surface area contributed by atoms with Crippen LogP contribution in [0, 0.1) is 5.82 Å². The molecule has 2 aromatic carbocycles. The molecule has 3 heteroatoms. The van der Waals surface area contributed by atoms with Crippen molar-refractivity contribution in [2.24, 2.45) is 0 Å². The van der Waals surface area contributed by atoms with Gasteiger partial charge in [0.05, 0.1) is 0 Å². The fraction of sp³-hybridized carbons (Fsp3) is 0.294. The molecule has 0 radical (unpaired) electrons. The van der Waals surface area contributed by atoms with Crippen LogP contribution in [0.5, 0.6) is 5.75 Å². The molecule has 0 aliphatic rings. The van der Waals surface area contributed by atoms with E-state index in [1.165, 1.54) is 6.07 Å². The summed E-state index contributed by atoms with van der Waals surface area (Å²) in [5.74, 6) is 0.341. The van der Waals surface area contributed by atoms with Gasteiger partial charge in [-0.3, -0.25) is 0 Å². The lowest BCUT2D eigenvalue weighted by molar-refractivity contribution is 0.221. The molecule has 2 atom stereocenters. The van der Waals surface area contributed by atoms with Gasteiger partial charge in [-0.15, -0.1) is 0 Å². The van der Waals surface area contributed by atoms with Crippen LogP contribution < -0.4 is 10.1 Å². The first-order chi connectivity index (χ1) is 9.63. The van der Waals surface area contributed by atoms with E-state index in [2.05, 4.69) is 5.32 Å². The lowest BCUT2D eigenvalue weighted by Gasteiger charge is -2.21. The molecule has 2 rings (SSSR count). The summed E-state index contributed by atoms with van der Waals surface area (Å²) in [6.07, 6.45) is -0.124. The van der Waals surface area contributed by atoms with Gasteiger partial charge in [-0.25, -0.2) is 4.39 Å². The van der Waals surface area contributed by atoms with Crippen LogP contribution in [-0.4, -0.2) is 7.05 Å². The summed E-state index contributed by atoms with van der Waals surface area (Å²) in [5, 5.41) is 3.06. The molecule has 2 nitrogen and oxygen atoms in total. The highest BCUT2D eigenvalue weighted by Crippen LogP contribution is 2.31. The normalized spacial score (nSPS) is 13.8. The minimum absolute atomic E-state index is 0.103. The highest BCUT2D eigenvalue weighted by atomic mass is 19.1. The van der Waals surface area contributed by atoms with Crippen molar-refractivity contribution < 1.29 is 9.13 Å². The number of rotatable bonds is 5. The number of benzene rings is 2. The van der Waals surface area contributed by atoms with E-state index in [0.717, 1.165) is 5.56 Å². The number of ether oxygens (including phenoxy) is 1. The first-order valence-electron chi connectivity index (χ1n) is 6.80. The molecule has 0 saturated heterocycles. The van der Waals surface area contributed by atoms with Crippen LogP contribution in [0.2, 0.25) is 0 Å². The first-order valence-corrected chi connectivity index (χ1v) is 6.80. The second-order valence-electron chi connectivity index (χ2n) is 4.83. The van der Waals surface area contributed by atoms with Crippen molar-refractivity contribution in [2.75, 3.05) is 7.05 Å². The molecule has 0 aliphatic carbocycles. The van der Waals surface area contributed by atoms with Crippen molar-refractivity contribution in [1.82, 2.24) is 5.32 Å². The van der Waals surface area contributed by atoms with Gasteiger partial charge in [0.25, 0.3) is 0 Å². The van der Waals surface area contributed by atoms with E-state index in [1.54, 1.807) is 6.07 Å². The molecule has 0 spiro atoms. The fourth-order valence-corrected chi connectivity index (χ4v) is 2.17. The van der Waals surface area contributed by atoms with Gasteiger partial charge in [-0.05, 0) is 38.6 Å². The van der Waals surface area contributed by atoms with Crippen LogP contribution in [0.15, 0.2) is 48.5 Å². The Labute approximate surface area is 119 Å². The average Bonchev–Trinajstić information content (AvgIpc) is 2.47. The standard InChI is InChI=1S/C17H20FNO/c1-12(19-3)17-15(18)10-7-11-16(17)20-13(2)14-8-5-4-6-9-14/h4-13,19H,1-3H3. The highest BCUT2D eigenvalue weighted by molar-refractivity contribution is 5.37. The van der Waals surface area contributed by atoms with Gasteiger partial charge in [0, 0.05) is 11.6 Å². The van der Waals surface area contributed by atoms with Gasteiger partial charge in [0.15, 0.2) is 0 Å². The van der Waals surface area contributed by atoms with E-state index in [4.69, 9.17) is 4.74 Å². The lowest BCUT2D eigenvalue weighted by atomic mass is 10.1. The summed E-state index contributed by atoms with van der Waals surface area (Å²) in [5.41, 5.74) is 1.64. The van der Waals surface area contributed by atoms with E-state index < -0.39 is 0 Å². The Morgan fingerprint density at radius 2 is 1.70 bits per heavy atom. The Bertz CT molecular complexity index is 556. The van der Waals surface area contributed by atoms with Crippen molar-refractivity contribution in [2.45, 2.75) is 26.0 Å². The highest BCUT2D eigenvalue weighted by Gasteiger charge is 2.17. The summed E-state index contributed by atoms with van der Waals surface area (Å²) in [6.45, 7) is 3.88. The second-order valence-corrected chi connectivity index (χ2v) is 4.83. The van der Waals surface area contributed by atoms with Crippen molar-refractivity contribution in [3.63, 3.8) is 0 Å². The topological polar surface area (TPSA) is 21.3 Å². The van der Waals surface area contributed by atoms with Crippen LogP contribution in [0.4, 0.5) is 4.39 Å². The van der Waals surface area contributed by atoms with Crippen LogP contribution in [0.25, 0.3) is 0 Å². The van der Waals surface area contributed by atoms with Crippen molar-refractivity contribution in [3.8, 4) is 5.75 Å². The average molecular weight is 273 g/mol. The molecule has 0 aromatic heterocycles. The van der Waals surface area contributed by atoms with E-state index in [-0.39, 0.29) is 18.0 Å². The number of halogens is 1. The minimum Gasteiger partial charge on any atom is -0.486 e. The number of hydrogen-bond acceptors (Lipinski definition) is 2. The van der Waals surface area contributed by atoms with Gasteiger partial charge in [0.2, 0.25) is 0 Å². The summed E-state index contributed by atoms with van der Waals surface area (Å²) in [7, 11) is 1.81. The Morgan fingerprint density at radius 3 is 2.35 bits per heavy atom. The summed E-state index contributed by atoms with van der Waals surface area (Å²) >= 11 is 0. The Morgan fingerprint density at radius 1 is 1.00 bits per heavy atom. The van der Waals surface area contributed by atoms with Crippen LogP contribution in [0.1, 0.15) is 37.1 Å². The monoisotopic (exact) mass is 273 g/mol. The molecule has 0 amide bonds. The maximum absolute atomic E-state index is 14.0. The van der Waals surface area contributed by atoms with E-state index in [1.807, 2.05) is 57.3 Å². The Kier molecular flexibility index (Phi) is 4.74. The van der Waals surface area contributed by atoms with Gasteiger partial charge in [-0.1, -0.05) is 36.4 Å². The molecule has 0 fully saturated rings. The number of hydrogen-bond donors (Lipinski definition) is 1. The molecular weight excluding hydrogens is 253 g/mol. The summed E-state index contributed by atoms with van der Waals surface area (Å²) < 4.78 is 20.0. The molecule has 0 saturated carbocycles. The molecule has 0 bridgehead atoms. The molecule has 106 valence electrons. The third kappa shape index (κ3) is 3.17. The van der Waals surface area contributed by atoms with E-state index in [9.17, 15) is 4.39 Å². The number of nitrogens with one attached hydrogen (secondary N) is 1. The molecule has 1 N–H and O–H groups in total. The zero-order valence-corrected chi connectivity index (χ0v) is 12.1. The smallest absolute Gasteiger partial charge is 0.131 e. The molecular formula is C17H20FNO. The van der Waals surface area contributed by atoms with Gasteiger partial charge < -0.3 is 10.1 Å². The van der Waals surface area contributed by atoms with Gasteiger partial charge >= 0.3 is 0 Å². The SMILES string of the molecule is CNC(C)c1c(F)cccc1OC(C)c1ccccc1. The minimum atomic E-state index is -0.246. The third-order valence-electron chi connectivity index (χ3n) is 3.45. The van der Waals surface area contributed by atoms with Crippen molar-refractivity contribution in [1.29, 1.82) is 0 Å². The van der Waals surface area contributed by atoms with E-state index in [0.29, 0.717) is 11.3 Å². The van der Waals surface area contributed by atoms with Crippen LogP contribution in [0.3, 0.4) is 0 Å². The first kappa shape index (κ1) is 14.5.